The van der Waals surface area contributed by atoms with Gasteiger partial charge in [-0.1, -0.05) is 11.3 Å². The number of ether oxygens (including phenoxy) is 2. The summed E-state index contributed by atoms with van der Waals surface area (Å²) < 4.78 is 9.84. The van der Waals surface area contributed by atoms with E-state index in [9.17, 15) is 9.90 Å². The fraction of sp³-hybridized carbons (Fsp3) is 0.667. The predicted octanol–water partition coefficient (Wildman–Crippen LogP) is 1.07. The molecule has 0 radical (unpaired) electrons. The Hall–Kier alpha value is -1.18. The Labute approximate surface area is 117 Å². The SMILES string of the molecule is CCOC(=O)c1sc(N(C)C[C@@H](O)COC)nc1C. The van der Waals surface area contributed by atoms with Crippen LogP contribution in [0.4, 0.5) is 5.13 Å². The Kier molecular flexibility index (Phi) is 6.20. The lowest BCUT2D eigenvalue weighted by Gasteiger charge is -2.19. The largest absolute Gasteiger partial charge is 0.462 e. The summed E-state index contributed by atoms with van der Waals surface area (Å²) in [5, 5.41) is 10.3. The number of aryl methyl sites for hydroxylation is 1. The van der Waals surface area contributed by atoms with Crippen molar-refractivity contribution >= 4 is 22.4 Å². The highest BCUT2D eigenvalue weighted by Crippen LogP contribution is 2.26. The lowest BCUT2D eigenvalue weighted by Crippen LogP contribution is -2.31. The van der Waals surface area contributed by atoms with Gasteiger partial charge in [0, 0.05) is 20.7 Å². The minimum absolute atomic E-state index is 0.263. The maximum atomic E-state index is 11.7. The molecule has 0 saturated heterocycles. The van der Waals surface area contributed by atoms with Gasteiger partial charge in [0.05, 0.1) is 25.0 Å². The van der Waals surface area contributed by atoms with Crippen molar-refractivity contribution in [1.82, 2.24) is 4.98 Å². The first-order valence-corrected chi connectivity index (χ1v) is 6.83. The number of hydrogen-bond acceptors (Lipinski definition) is 7. The first kappa shape index (κ1) is 15.9. The van der Waals surface area contributed by atoms with Crippen LogP contribution in [-0.4, -0.2) is 56.1 Å². The topological polar surface area (TPSA) is 71.9 Å². The number of aromatic nitrogens is 1. The van der Waals surface area contributed by atoms with Gasteiger partial charge in [0.15, 0.2) is 5.13 Å². The molecule has 0 aliphatic heterocycles. The summed E-state index contributed by atoms with van der Waals surface area (Å²) >= 11 is 1.26. The molecule has 7 heteroatoms. The number of aliphatic hydroxyl groups is 1. The van der Waals surface area contributed by atoms with E-state index < -0.39 is 6.10 Å². The number of rotatable bonds is 7. The van der Waals surface area contributed by atoms with E-state index in [1.807, 2.05) is 7.05 Å². The summed E-state index contributed by atoms with van der Waals surface area (Å²) in [5.41, 5.74) is 0.645. The highest BCUT2D eigenvalue weighted by molar-refractivity contribution is 7.17. The van der Waals surface area contributed by atoms with E-state index in [0.29, 0.717) is 28.9 Å². The molecule has 1 aromatic heterocycles. The molecule has 1 atom stereocenters. The summed E-state index contributed by atoms with van der Waals surface area (Å²) in [6.07, 6.45) is -0.592. The Bertz CT molecular complexity index is 422. The monoisotopic (exact) mass is 288 g/mol. The van der Waals surface area contributed by atoms with E-state index in [1.165, 1.54) is 18.4 Å². The standard InChI is InChI=1S/C12H20N2O4S/c1-5-18-11(16)10-8(2)13-12(19-10)14(3)6-9(15)7-17-4/h9,15H,5-7H2,1-4H3/t9-/m1/s1. The van der Waals surface area contributed by atoms with E-state index >= 15 is 0 Å². The number of likely N-dealkylation sites (N-methyl/N-ethyl adjacent to an activating group) is 1. The second kappa shape index (κ2) is 7.42. The van der Waals surface area contributed by atoms with Crippen molar-refractivity contribution in [3.05, 3.63) is 10.6 Å². The molecule has 0 spiro atoms. The molecule has 0 aliphatic carbocycles. The number of aliphatic hydroxyl groups excluding tert-OH is 1. The first-order valence-electron chi connectivity index (χ1n) is 6.02. The van der Waals surface area contributed by atoms with Crippen LogP contribution in [0.2, 0.25) is 0 Å². The maximum Gasteiger partial charge on any atom is 0.350 e. The lowest BCUT2D eigenvalue weighted by molar-refractivity contribution is 0.0531. The van der Waals surface area contributed by atoms with Crippen LogP contribution in [0.15, 0.2) is 0 Å². The third-order valence-electron chi connectivity index (χ3n) is 2.42. The molecule has 0 saturated carbocycles. The van der Waals surface area contributed by atoms with Gasteiger partial charge in [0.2, 0.25) is 0 Å². The van der Waals surface area contributed by atoms with Crippen LogP contribution >= 0.6 is 11.3 Å². The fourth-order valence-corrected chi connectivity index (χ4v) is 2.50. The summed E-state index contributed by atoms with van der Waals surface area (Å²) in [7, 11) is 3.35. The highest BCUT2D eigenvalue weighted by Gasteiger charge is 2.19. The second-order valence-corrected chi connectivity index (χ2v) is 5.10. The number of hydrogen-bond donors (Lipinski definition) is 1. The minimum Gasteiger partial charge on any atom is -0.462 e. The molecular formula is C12H20N2O4S. The first-order chi connectivity index (χ1) is 8.99. The van der Waals surface area contributed by atoms with E-state index in [0.717, 1.165) is 0 Å². The van der Waals surface area contributed by atoms with Crippen LogP contribution in [0.3, 0.4) is 0 Å². The van der Waals surface area contributed by atoms with E-state index in [4.69, 9.17) is 9.47 Å². The third-order valence-corrected chi connectivity index (χ3v) is 3.67. The molecule has 6 nitrogen and oxygen atoms in total. The average molecular weight is 288 g/mol. The van der Waals surface area contributed by atoms with Gasteiger partial charge in [-0.3, -0.25) is 0 Å². The molecule has 0 unspecified atom stereocenters. The zero-order valence-corrected chi connectivity index (χ0v) is 12.5. The predicted molar refractivity (Wildman–Crippen MR) is 74.0 cm³/mol. The second-order valence-electron chi connectivity index (χ2n) is 4.12. The van der Waals surface area contributed by atoms with Crippen LogP contribution in [0.25, 0.3) is 0 Å². The Balaban J connectivity index is 2.74. The number of thiazole rings is 1. The fourth-order valence-electron chi connectivity index (χ4n) is 1.57. The molecule has 1 aromatic rings. The molecule has 0 amide bonds. The number of nitrogens with zero attached hydrogens (tertiary/aromatic N) is 2. The molecule has 108 valence electrons. The van der Waals surface area contributed by atoms with Crippen LogP contribution in [0.1, 0.15) is 22.3 Å². The average Bonchev–Trinajstić information content (AvgIpc) is 2.72. The van der Waals surface area contributed by atoms with Gasteiger partial charge in [-0.25, -0.2) is 9.78 Å². The van der Waals surface area contributed by atoms with Crippen molar-refractivity contribution in [2.45, 2.75) is 20.0 Å². The van der Waals surface area contributed by atoms with Gasteiger partial charge >= 0.3 is 5.97 Å². The summed E-state index contributed by atoms with van der Waals surface area (Å²) in [6, 6.07) is 0. The summed E-state index contributed by atoms with van der Waals surface area (Å²) in [5.74, 6) is -0.352. The lowest BCUT2D eigenvalue weighted by atomic mass is 10.3. The van der Waals surface area contributed by atoms with Crippen LogP contribution in [0.5, 0.6) is 0 Å². The Morgan fingerprint density at radius 2 is 2.26 bits per heavy atom. The molecule has 1 rings (SSSR count). The smallest absolute Gasteiger partial charge is 0.350 e. The van der Waals surface area contributed by atoms with Gasteiger partial charge < -0.3 is 19.5 Å². The molecule has 1 heterocycles. The quantitative estimate of drug-likeness (QED) is 0.757. The number of carbonyl (C=O) groups excluding carboxylic acids is 1. The van der Waals surface area contributed by atoms with Crippen molar-refractivity contribution in [3.8, 4) is 0 Å². The van der Waals surface area contributed by atoms with Gasteiger partial charge in [-0.15, -0.1) is 0 Å². The number of esters is 1. The molecule has 0 aromatic carbocycles. The summed E-state index contributed by atoms with van der Waals surface area (Å²) in [6.45, 7) is 4.53. The molecule has 1 N–H and O–H groups in total. The van der Waals surface area contributed by atoms with Crippen molar-refractivity contribution in [1.29, 1.82) is 0 Å². The Morgan fingerprint density at radius 3 is 2.84 bits per heavy atom. The van der Waals surface area contributed by atoms with Crippen LogP contribution in [0, 0.1) is 6.92 Å². The molecule has 0 fully saturated rings. The van der Waals surface area contributed by atoms with Crippen molar-refractivity contribution in [3.63, 3.8) is 0 Å². The summed E-state index contributed by atoms with van der Waals surface area (Å²) in [4.78, 5) is 18.3. The molecule has 0 bridgehead atoms. The zero-order chi connectivity index (χ0) is 14.4. The van der Waals surface area contributed by atoms with Gasteiger partial charge in [-0.2, -0.15) is 0 Å². The minimum atomic E-state index is -0.592. The van der Waals surface area contributed by atoms with Crippen LogP contribution in [-0.2, 0) is 9.47 Å². The normalized spacial score (nSPS) is 12.3. The number of anilines is 1. The van der Waals surface area contributed by atoms with Gasteiger partial charge in [-0.05, 0) is 13.8 Å². The van der Waals surface area contributed by atoms with Gasteiger partial charge in [0.1, 0.15) is 4.88 Å². The van der Waals surface area contributed by atoms with E-state index in [-0.39, 0.29) is 12.6 Å². The van der Waals surface area contributed by atoms with E-state index in [2.05, 4.69) is 4.98 Å². The Morgan fingerprint density at radius 1 is 1.58 bits per heavy atom. The van der Waals surface area contributed by atoms with Crippen molar-refractivity contribution in [2.75, 3.05) is 38.8 Å². The zero-order valence-electron chi connectivity index (χ0n) is 11.7. The van der Waals surface area contributed by atoms with Crippen molar-refractivity contribution < 1.29 is 19.4 Å². The number of carbonyl (C=O) groups is 1. The third kappa shape index (κ3) is 4.45. The molecular weight excluding hydrogens is 268 g/mol. The van der Waals surface area contributed by atoms with Crippen molar-refractivity contribution in [2.24, 2.45) is 0 Å². The number of methoxy groups -OCH3 is 1. The maximum absolute atomic E-state index is 11.7. The highest BCUT2D eigenvalue weighted by atomic mass is 32.1. The molecule has 0 aliphatic rings. The van der Waals surface area contributed by atoms with Gasteiger partial charge in [0.25, 0.3) is 0 Å². The van der Waals surface area contributed by atoms with E-state index in [1.54, 1.807) is 18.7 Å². The molecule has 19 heavy (non-hydrogen) atoms. The van der Waals surface area contributed by atoms with Crippen LogP contribution < -0.4 is 4.90 Å².